The normalized spacial score (nSPS) is 22.7. The number of morpholine rings is 1. The standard InChI is InChI=1S/C21H28F3N5O5/c1-25-16(28-20(33)21(22,23)24)12-2-4-13(5-3-12)17(30)27-10-14-11-34-9-8-29(14)19(32)15-6-7-26-18(15)31/h2-5,14-16,20,25,28,33H,6-11H2,1H3,(H,26,31)(H,27,30)/t14-,15?,16?,20?/m0/s1. The highest BCUT2D eigenvalue weighted by molar-refractivity contribution is 6.01. The van der Waals surface area contributed by atoms with Crippen LogP contribution in [-0.2, 0) is 14.3 Å². The Bertz CT molecular complexity index is 883. The van der Waals surface area contributed by atoms with Crippen molar-refractivity contribution < 1.29 is 37.4 Å². The van der Waals surface area contributed by atoms with Gasteiger partial charge in [0.1, 0.15) is 5.92 Å². The van der Waals surface area contributed by atoms with E-state index >= 15 is 0 Å². The SMILES string of the molecule is CNC(NC(O)C(F)(F)F)c1ccc(C(=O)NC[C@H]2COCCN2C(=O)C2CCNC2=O)cc1. The number of carbonyl (C=O) groups excluding carboxylic acids is 3. The van der Waals surface area contributed by atoms with Crippen molar-refractivity contribution in [2.45, 2.75) is 31.0 Å². The molecule has 0 aliphatic carbocycles. The van der Waals surface area contributed by atoms with Crippen LogP contribution >= 0.6 is 0 Å². The van der Waals surface area contributed by atoms with E-state index in [1.807, 2.05) is 5.32 Å². The first-order valence-corrected chi connectivity index (χ1v) is 10.8. The minimum Gasteiger partial charge on any atom is -0.377 e. The number of hydrogen-bond acceptors (Lipinski definition) is 7. The van der Waals surface area contributed by atoms with Crippen LogP contribution in [-0.4, -0.2) is 86.1 Å². The maximum absolute atomic E-state index is 12.8. The summed E-state index contributed by atoms with van der Waals surface area (Å²) in [6.45, 7) is 1.45. The molecule has 1 aromatic rings. The van der Waals surface area contributed by atoms with Gasteiger partial charge in [0.25, 0.3) is 5.91 Å². The van der Waals surface area contributed by atoms with E-state index in [9.17, 15) is 32.7 Å². The van der Waals surface area contributed by atoms with Crippen molar-refractivity contribution in [1.29, 1.82) is 0 Å². The van der Waals surface area contributed by atoms with E-state index in [2.05, 4.69) is 16.0 Å². The van der Waals surface area contributed by atoms with Gasteiger partial charge in [0, 0.05) is 25.2 Å². The number of amides is 3. The molecule has 2 aliphatic rings. The largest absolute Gasteiger partial charge is 0.428 e. The van der Waals surface area contributed by atoms with Gasteiger partial charge in [-0.25, -0.2) is 0 Å². The molecule has 0 spiro atoms. The Kier molecular flexibility index (Phi) is 8.47. The Morgan fingerprint density at radius 1 is 1.29 bits per heavy atom. The molecule has 13 heteroatoms. The molecular formula is C21H28F3N5O5. The molecule has 0 aromatic heterocycles. The molecule has 5 N–H and O–H groups in total. The monoisotopic (exact) mass is 487 g/mol. The van der Waals surface area contributed by atoms with E-state index in [4.69, 9.17) is 4.74 Å². The van der Waals surface area contributed by atoms with Crippen LogP contribution in [0.4, 0.5) is 13.2 Å². The molecule has 4 atom stereocenters. The third-order valence-corrected chi connectivity index (χ3v) is 5.79. The van der Waals surface area contributed by atoms with Crippen LogP contribution in [0, 0.1) is 5.92 Å². The number of aliphatic hydroxyl groups is 1. The first kappa shape index (κ1) is 25.9. The number of halogens is 3. The first-order valence-electron chi connectivity index (χ1n) is 10.8. The zero-order valence-corrected chi connectivity index (χ0v) is 18.5. The average molecular weight is 487 g/mol. The van der Waals surface area contributed by atoms with Crippen molar-refractivity contribution in [3.8, 4) is 0 Å². The molecular weight excluding hydrogens is 459 g/mol. The number of alkyl halides is 3. The lowest BCUT2D eigenvalue weighted by molar-refractivity contribution is -0.216. The quantitative estimate of drug-likeness (QED) is 0.246. The summed E-state index contributed by atoms with van der Waals surface area (Å²) in [6.07, 6.45) is -8.11. The molecule has 2 aliphatic heterocycles. The van der Waals surface area contributed by atoms with Crippen molar-refractivity contribution in [3.63, 3.8) is 0 Å². The Labute approximate surface area is 194 Å². The number of aliphatic hydroxyl groups excluding tert-OH is 1. The number of ether oxygens (including phenoxy) is 1. The fourth-order valence-corrected chi connectivity index (χ4v) is 3.88. The van der Waals surface area contributed by atoms with Crippen LogP contribution in [0.25, 0.3) is 0 Å². The van der Waals surface area contributed by atoms with Gasteiger partial charge in [-0.1, -0.05) is 12.1 Å². The van der Waals surface area contributed by atoms with Crippen molar-refractivity contribution in [3.05, 3.63) is 35.4 Å². The smallest absolute Gasteiger partial charge is 0.377 e. The van der Waals surface area contributed by atoms with Crippen LogP contribution in [0.2, 0.25) is 0 Å². The maximum atomic E-state index is 12.8. The lowest BCUT2D eigenvalue weighted by Crippen LogP contribution is -2.55. The summed E-state index contributed by atoms with van der Waals surface area (Å²) in [4.78, 5) is 38.8. The second kappa shape index (κ2) is 11.1. The van der Waals surface area contributed by atoms with E-state index in [1.165, 1.54) is 31.3 Å². The lowest BCUT2D eigenvalue weighted by atomic mass is 10.0. The third kappa shape index (κ3) is 6.23. The molecule has 0 radical (unpaired) electrons. The molecule has 188 valence electrons. The van der Waals surface area contributed by atoms with Crippen LogP contribution in [0.5, 0.6) is 0 Å². The molecule has 10 nitrogen and oxygen atoms in total. The molecule has 2 heterocycles. The summed E-state index contributed by atoms with van der Waals surface area (Å²) in [7, 11) is 1.43. The predicted molar refractivity (Wildman–Crippen MR) is 113 cm³/mol. The van der Waals surface area contributed by atoms with Crippen molar-refractivity contribution in [1.82, 2.24) is 26.2 Å². The van der Waals surface area contributed by atoms with Crippen LogP contribution in [0.3, 0.4) is 0 Å². The van der Waals surface area contributed by atoms with Crippen LogP contribution in [0.15, 0.2) is 24.3 Å². The Balaban J connectivity index is 1.58. The van der Waals surface area contributed by atoms with Gasteiger partial charge in [0.05, 0.1) is 25.4 Å². The molecule has 2 saturated heterocycles. The third-order valence-electron chi connectivity index (χ3n) is 5.79. The molecule has 3 rings (SSSR count). The van der Waals surface area contributed by atoms with Crippen molar-refractivity contribution >= 4 is 17.7 Å². The summed E-state index contributed by atoms with van der Waals surface area (Å²) >= 11 is 0. The molecule has 34 heavy (non-hydrogen) atoms. The fraction of sp³-hybridized carbons (Fsp3) is 0.571. The number of benzene rings is 1. The van der Waals surface area contributed by atoms with Gasteiger partial charge in [-0.15, -0.1) is 0 Å². The Morgan fingerprint density at radius 2 is 2.00 bits per heavy atom. The minimum atomic E-state index is -4.82. The summed E-state index contributed by atoms with van der Waals surface area (Å²) in [5, 5.41) is 19.3. The van der Waals surface area contributed by atoms with E-state index in [-0.39, 0.29) is 30.5 Å². The summed E-state index contributed by atoms with van der Waals surface area (Å²) in [5.41, 5.74) is 0.648. The number of hydrogen-bond donors (Lipinski definition) is 5. The highest BCUT2D eigenvalue weighted by atomic mass is 19.4. The molecule has 1 aromatic carbocycles. The minimum absolute atomic E-state index is 0.110. The van der Waals surface area contributed by atoms with Crippen molar-refractivity contribution in [2.75, 3.05) is 39.9 Å². The second-order valence-electron chi connectivity index (χ2n) is 8.06. The van der Waals surface area contributed by atoms with Gasteiger partial charge >= 0.3 is 6.18 Å². The number of nitrogens with zero attached hydrogens (tertiary/aromatic N) is 1. The van der Waals surface area contributed by atoms with Gasteiger partial charge in [-0.3, -0.25) is 19.7 Å². The summed E-state index contributed by atoms with van der Waals surface area (Å²) in [6, 6.07) is 5.38. The molecule has 0 saturated carbocycles. The van der Waals surface area contributed by atoms with E-state index in [1.54, 1.807) is 4.90 Å². The van der Waals surface area contributed by atoms with Gasteiger partial charge in [-0.2, -0.15) is 13.2 Å². The number of carbonyl (C=O) groups is 3. The highest BCUT2D eigenvalue weighted by Crippen LogP contribution is 2.21. The van der Waals surface area contributed by atoms with Crippen LogP contribution < -0.4 is 21.3 Å². The topological polar surface area (TPSA) is 132 Å². The Hall–Kier alpha value is -2.74. The molecule has 2 fully saturated rings. The second-order valence-corrected chi connectivity index (χ2v) is 8.06. The molecule has 3 amide bonds. The van der Waals surface area contributed by atoms with Gasteiger partial charge in [0.2, 0.25) is 18.0 Å². The Morgan fingerprint density at radius 3 is 2.59 bits per heavy atom. The van der Waals surface area contributed by atoms with E-state index in [0.717, 1.165) is 0 Å². The molecule has 0 bridgehead atoms. The van der Waals surface area contributed by atoms with E-state index < -0.39 is 36.4 Å². The van der Waals surface area contributed by atoms with Crippen molar-refractivity contribution in [2.24, 2.45) is 5.92 Å². The summed E-state index contributed by atoms with van der Waals surface area (Å²) < 4.78 is 43.3. The van der Waals surface area contributed by atoms with Gasteiger partial charge in [0.15, 0.2) is 0 Å². The first-order chi connectivity index (χ1) is 16.1. The zero-order chi connectivity index (χ0) is 24.9. The average Bonchev–Trinajstić information content (AvgIpc) is 3.25. The predicted octanol–water partition coefficient (Wildman–Crippen LogP) is -0.532. The van der Waals surface area contributed by atoms with Gasteiger partial charge in [-0.05, 0) is 31.2 Å². The number of rotatable bonds is 8. The number of nitrogens with one attached hydrogen (secondary N) is 4. The lowest BCUT2D eigenvalue weighted by Gasteiger charge is -2.36. The maximum Gasteiger partial charge on any atom is 0.428 e. The molecule has 3 unspecified atom stereocenters. The fourth-order valence-electron chi connectivity index (χ4n) is 3.88. The highest BCUT2D eigenvalue weighted by Gasteiger charge is 2.40. The van der Waals surface area contributed by atoms with E-state index in [0.29, 0.717) is 31.7 Å². The summed E-state index contributed by atoms with van der Waals surface area (Å²) in [5.74, 6) is -1.74. The van der Waals surface area contributed by atoms with Crippen LogP contribution in [0.1, 0.15) is 28.5 Å². The zero-order valence-electron chi connectivity index (χ0n) is 18.5. The van der Waals surface area contributed by atoms with Gasteiger partial charge < -0.3 is 30.7 Å².